The van der Waals surface area contributed by atoms with Crippen LogP contribution in [0.4, 0.5) is 11.4 Å². The molecular weight excluding hydrogens is 352 g/mol. The van der Waals surface area contributed by atoms with Gasteiger partial charge in [0.15, 0.2) is 0 Å². The molecule has 2 aromatic rings. The van der Waals surface area contributed by atoms with Gasteiger partial charge in [0.2, 0.25) is 0 Å². The maximum Gasteiger partial charge on any atom is 0.261 e. The molecule has 1 aliphatic heterocycles. The quantitative estimate of drug-likeness (QED) is 0.873. The van der Waals surface area contributed by atoms with E-state index in [1.807, 2.05) is 19.1 Å². The molecule has 0 aromatic heterocycles. The van der Waals surface area contributed by atoms with Crippen molar-refractivity contribution in [1.82, 2.24) is 0 Å². The summed E-state index contributed by atoms with van der Waals surface area (Å²) in [6.45, 7) is 2.78. The van der Waals surface area contributed by atoms with Gasteiger partial charge in [0, 0.05) is 16.7 Å². The van der Waals surface area contributed by atoms with Crippen LogP contribution in [0, 0.1) is 6.92 Å². The number of sulfonamides is 1. The fourth-order valence-corrected chi connectivity index (χ4v) is 4.16. The van der Waals surface area contributed by atoms with Crippen molar-refractivity contribution in [3.8, 4) is 0 Å². The Hall–Kier alpha value is -1.53. The van der Waals surface area contributed by atoms with Crippen LogP contribution in [0.2, 0.25) is 0 Å². The van der Waals surface area contributed by atoms with Crippen LogP contribution in [-0.4, -0.2) is 15.0 Å². The maximum absolute atomic E-state index is 12.5. The Kier molecular flexibility index (Phi) is 3.67. The molecule has 0 unspecified atom stereocenters. The third-order valence-corrected chi connectivity index (χ3v) is 5.23. The number of nitrogens with one attached hydrogen (secondary N) is 2. The summed E-state index contributed by atoms with van der Waals surface area (Å²) in [5.74, 6) is 0. The van der Waals surface area contributed by atoms with Crippen LogP contribution in [0.15, 0.2) is 45.8 Å². The van der Waals surface area contributed by atoms with Gasteiger partial charge < -0.3 is 5.32 Å². The van der Waals surface area contributed by atoms with E-state index in [-0.39, 0.29) is 0 Å². The second-order valence-corrected chi connectivity index (χ2v) is 7.72. The lowest BCUT2D eigenvalue weighted by molar-refractivity contribution is 0.601. The van der Waals surface area contributed by atoms with Gasteiger partial charge in [0.05, 0.1) is 10.6 Å². The van der Waals surface area contributed by atoms with Gasteiger partial charge in [-0.2, -0.15) is 0 Å². The molecule has 1 heterocycles. The first kappa shape index (κ1) is 14.4. The maximum atomic E-state index is 12.5. The normalized spacial score (nSPS) is 13.6. The van der Waals surface area contributed by atoms with Crippen LogP contribution in [0.3, 0.4) is 0 Å². The highest BCUT2D eigenvalue weighted by Gasteiger charge is 2.18. The Balaban J connectivity index is 1.93. The van der Waals surface area contributed by atoms with E-state index in [0.29, 0.717) is 10.6 Å². The summed E-state index contributed by atoms with van der Waals surface area (Å²) < 4.78 is 28.4. The number of halogens is 1. The molecule has 0 bridgehead atoms. The molecule has 6 heteroatoms. The van der Waals surface area contributed by atoms with Crippen molar-refractivity contribution in [3.63, 3.8) is 0 Å². The first-order valence-electron chi connectivity index (χ1n) is 6.61. The third kappa shape index (κ3) is 3.06. The molecule has 3 rings (SSSR count). The first-order valence-corrected chi connectivity index (χ1v) is 8.88. The Morgan fingerprint density at radius 2 is 2.00 bits per heavy atom. The van der Waals surface area contributed by atoms with Gasteiger partial charge in [-0.15, -0.1) is 0 Å². The van der Waals surface area contributed by atoms with Gasteiger partial charge in [-0.25, -0.2) is 8.42 Å². The first-order chi connectivity index (χ1) is 9.94. The largest absolute Gasteiger partial charge is 0.384 e. The minimum atomic E-state index is -3.57. The van der Waals surface area contributed by atoms with Crippen molar-refractivity contribution < 1.29 is 8.42 Å². The van der Waals surface area contributed by atoms with E-state index in [0.717, 1.165) is 34.3 Å². The zero-order valence-electron chi connectivity index (χ0n) is 11.5. The lowest BCUT2D eigenvalue weighted by Gasteiger charge is -2.10. The van der Waals surface area contributed by atoms with Gasteiger partial charge in [-0.05, 0) is 60.9 Å². The fourth-order valence-electron chi connectivity index (χ4n) is 2.46. The smallest absolute Gasteiger partial charge is 0.261 e. The molecular formula is C15H15BrN2O2S. The van der Waals surface area contributed by atoms with E-state index in [4.69, 9.17) is 0 Å². The van der Waals surface area contributed by atoms with E-state index in [1.165, 1.54) is 0 Å². The molecule has 0 saturated carbocycles. The highest BCUT2D eigenvalue weighted by molar-refractivity contribution is 9.10. The van der Waals surface area contributed by atoms with Gasteiger partial charge in [-0.1, -0.05) is 15.9 Å². The second kappa shape index (κ2) is 5.35. The average molecular weight is 367 g/mol. The Labute approximate surface area is 132 Å². The lowest BCUT2D eigenvalue weighted by atomic mass is 10.2. The highest BCUT2D eigenvalue weighted by Crippen LogP contribution is 2.27. The molecule has 1 aliphatic rings. The molecule has 2 aromatic carbocycles. The molecule has 21 heavy (non-hydrogen) atoms. The predicted molar refractivity (Wildman–Crippen MR) is 88.3 cm³/mol. The van der Waals surface area contributed by atoms with Crippen molar-refractivity contribution in [2.24, 2.45) is 0 Å². The minimum absolute atomic E-state index is 0.294. The zero-order valence-corrected chi connectivity index (χ0v) is 13.9. The number of aryl methyl sites for hydroxylation is 1. The van der Waals surface area contributed by atoms with Gasteiger partial charge in [-0.3, -0.25) is 4.72 Å². The molecule has 0 fully saturated rings. The predicted octanol–water partition coefficient (Wildman–Crippen LogP) is 3.53. The van der Waals surface area contributed by atoms with Gasteiger partial charge in [0.25, 0.3) is 10.0 Å². The average Bonchev–Trinajstić information content (AvgIpc) is 2.83. The lowest BCUT2D eigenvalue weighted by Crippen LogP contribution is -2.13. The van der Waals surface area contributed by atoms with Crippen LogP contribution in [0.25, 0.3) is 0 Å². The SMILES string of the molecule is Cc1cc(Br)cc(NS(=O)(=O)c2ccc3c(c2)CCN3)c1. The van der Waals surface area contributed by atoms with Crippen LogP contribution in [-0.2, 0) is 16.4 Å². The van der Waals surface area contributed by atoms with Crippen LogP contribution >= 0.6 is 15.9 Å². The topological polar surface area (TPSA) is 58.2 Å². The standard InChI is InChI=1S/C15H15BrN2O2S/c1-10-6-12(16)9-13(7-10)18-21(19,20)14-2-3-15-11(8-14)4-5-17-15/h2-3,6-9,17-18H,4-5H2,1H3. The van der Waals surface area contributed by atoms with Gasteiger partial charge >= 0.3 is 0 Å². The third-order valence-electron chi connectivity index (χ3n) is 3.39. The summed E-state index contributed by atoms with van der Waals surface area (Å²) in [6, 6.07) is 10.7. The number of hydrogen-bond acceptors (Lipinski definition) is 3. The summed E-state index contributed by atoms with van der Waals surface area (Å²) in [5.41, 5.74) is 3.61. The number of fused-ring (bicyclic) bond motifs is 1. The van der Waals surface area contributed by atoms with Crippen LogP contribution < -0.4 is 10.0 Å². The van der Waals surface area contributed by atoms with Crippen molar-refractivity contribution in [1.29, 1.82) is 0 Å². The molecule has 0 atom stereocenters. The van der Waals surface area contributed by atoms with E-state index < -0.39 is 10.0 Å². The number of benzene rings is 2. The van der Waals surface area contributed by atoms with E-state index in [9.17, 15) is 8.42 Å². The fraction of sp³-hybridized carbons (Fsp3) is 0.200. The number of rotatable bonds is 3. The zero-order chi connectivity index (χ0) is 15.0. The van der Waals surface area contributed by atoms with Crippen molar-refractivity contribution in [2.45, 2.75) is 18.2 Å². The summed E-state index contributed by atoms with van der Waals surface area (Å²) in [7, 11) is -3.57. The van der Waals surface area contributed by atoms with Crippen molar-refractivity contribution >= 4 is 37.3 Å². The molecule has 110 valence electrons. The number of hydrogen-bond donors (Lipinski definition) is 2. The number of anilines is 2. The Morgan fingerprint density at radius 3 is 2.76 bits per heavy atom. The molecule has 2 N–H and O–H groups in total. The van der Waals surface area contributed by atoms with Crippen molar-refractivity contribution in [2.75, 3.05) is 16.6 Å². The minimum Gasteiger partial charge on any atom is -0.384 e. The Morgan fingerprint density at radius 1 is 1.19 bits per heavy atom. The molecule has 0 saturated heterocycles. The van der Waals surface area contributed by atoms with Crippen molar-refractivity contribution in [3.05, 3.63) is 52.0 Å². The molecule has 0 amide bonds. The molecule has 4 nitrogen and oxygen atoms in total. The molecule has 0 spiro atoms. The monoisotopic (exact) mass is 366 g/mol. The summed E-state index contributed by atoms with van der Waals surface area (Å²) >= 11 is 3.37. The summed E-state index contributed by atoms with van der Waals surface area (Å²) in [5, 5.41) is 3.22. The van der Waals surface area contributed by atoms with Crippen LogP contribution in [0.5, 0.6) is 0 Å². The second-order valence-electron chi connectivity index (χ2n) is 5.12. The van der Waals surface area contributed by atoms with E-state index in [1.54, 1.807) is 24.3 Å². The van der Waals surface area contributed by atoms with E-state index >= 15 is 0 Å². The van der Waals surface area contributed by atoms with Crippen LogP contribution in [0.1, 0.15) is 11.1 Å². The summed E-state index contributed by atoms with van der Waals surface area (Å²) in [4.78, 5) is 0.294. The molecule has 0 aliphatic carbocycles. The van der Waals surface area contributed by atoms with E-state index in [2.05, 4.69) is 26.0 Å². The Bertz CT molecular complexity index is 783. The molecule has 0 radical (unpaired) electrons. The summed E-state index contributed by atoms with van der Waals surface area (Å²) in [6.07, 6.45) is 0.856. The highest BCUT2D eigenvalue weighted by atomic mass is 79.9. The van der Waals surface area contributed by atoms with Gasteiger partial charge in [0.1, 0.15) is 0 Å².